The van der Waals surface area contributed by atoms with Crippen molar-refractivity contribution in [2.24, 2.45) is 7.05 Å². The Bertz CT molecular complexity index is 277. The molecule has 6 nitrogen and oxygen atoms in total. The lowest BCUT2D eigenvalue weighted by atomic mass is 10.3. The number of nitrogens with zero attached hydrogens (tertiary/aromatic N) is 3. The van der Waals surface area contributed by atoms with Crippen LogP contribution in [0.1, 0.15) is 5.82 Å². The van der Waals surface area contributed by atoms with E-state index in [1.54, 1.807) is 25.2 Å². The van der Waals surface area contributed by atoms with E-state index in [0.717, 1.165) is 12.4 Å². The average molecular weight is 214 g/mol. The second-order valence-electron chi connectivity index (χ2n) is 3.24. The van der Waals surface area contributed by atoms with E-state index in [2.05, 4.69) is 15.4 Å². The highest BCUT2D eigenvalue weighted by Crippen LogP contribution is 1.92. The van der Waals surface area contributed by atoms with Crippen LogP contribution in [0.3, 0.4) is 0 Å². The normalized spacial score (nSPS) is 13.0. The summed E-state index contributed by atoms with van der Waals surface area (Å²) in [6.07, 6.45) is 1.61. The first-order chi connectivity index (χ1) is 7.27. The summed E-state index contributed by atoms with van der Waals surface area (Å²) in [7, 11) is 5.20. The molecular formula is C9H18N4O2. The van der Waals surface area contributed by atoms with E-state index in [0.29, 0.717) is 13.2 Å². The minimum Gasteiger partial charge on any atom is -0.382 e. The summed E-state index contributed by atoms with van der Waals surface area (Å²) in [5, 5.41) is 7.22. The van der Waals surface area contributed by atoms with Gasteiger partial charge in [0.2, 0.25) is 0 Å². The summed E-state index contributed by atoms with van der Waals surface area (Å²) >= 11 is 0. The van der Waals surface area contributed by atoms with Gasteiger partial charge in [-0.25, -0.2) is 4.98 Å². The fraction of sp³-hybridized carbons (Fsp3) is 0.778. The Labute approximate surface area is 89.6 Å². The fourth-order valence-corrected chi connectivity index (χ4v) is 1.22. The molecule has 86 valence electrons. The van der Waals surface area contributed by atoms with Crippen LogP contribution >= 0.6 is 0 Å². The third-order valence-corrected chi connectivity index (χ3v) is 2.15. The lowest BCUT2D eigenvalue weighted by Gasteiger charge is -2.14. The van der Waals surface area contributed by atoms with Crippen LogP contribution in [0.15, 0.2) is 6.33 Å². The van der Waals surface area contributed by atoms with Crippen LogP contribution in [0, 0.1) is 0 Å². The van der Waals surface area contributed by atoms with Gasteiger partial charge in [0.25, 0.3) is 0 Å². The van der Waals surface area contributed by atoms with Crippen molar-refractivity contribution in [3.63, 3.8) is 0 Å². The quantitative estimate of drug-likeness (QED) is 0.667. The molecule has 1 unspecified atom stereocenters. The third-order valence-electron chi connectivity index (χ3n) is 2.15. The number of nitrogens with one attached hydrogen (secondary N) is 1. The second kappa shape index (κ2) is 6.49. The number of hydrogen-bond donors (Lipinski definition) is 1. The first-order valence-electron chi connectivity index (χ1n) is 4.83. The molecule has 0 spiro atoms. The summed E-state index contributed by atoms with van der Waals surface area (Å²) in [6.45, 7) is 2.00. The molecule has 0 radical (unpaired) electrons. The number of aromatic nitrogens is 3. The molecule has 0 amide bonds. The monoisotopic (exact) mass is 214 g/mol. The molecule has 1 N–H and O–H groups in total. The molecule has 6 heteroatoms. The standard InChI is InChI=1S/C9H18N4O2/c1-13-9(11-7-12-13)5-10-4-8(15-3)6-14-2/h7-8,10H,4-6H2,1-3H3. The first kappa shape index (κ1) is 12.1. The summed E-state index contributed by atoms with van der Waals surface area (Å²) in [5.74, 6) is 0.905. The highest BCUT2D eigenvalue weighted by atomic mass is 16.5. The molecule has 1 atom stereocenters. The molecule has 0 aromatic carbocycles. The minimum absolute atomic E-state index is 0.0724. The molecule has 0 aliphatic carbocycles. The van der Waals surface area contributed by atoms with Gasteiger partial charge in [0.1, 0.15) is 12.2 Å². The number of aryl methyl sites for hydroxylation is 1. The van der Waals surface area contributed by atoms with Gasteiger partial charge in [-0.2, -0.15) is 5.10 Å². The molecule has 0 fully saturated rings. The van der Waals surface area contributed by atoms with E-state index in [4.69, 9.17) is 9.47 Å². The highest BCUT2D eigenvalue weighted by molar-refractivity contribution is 4.82. The van der Waals surface area contributed by atoms with Crippen LogP contribution in [-0.4, -0.2) is 48.2 Å². The SMILES string of the molecule is COCC(CNCc1ncnn1C)OC. The molecule has 0 bridgehead atoms. The summed E-state index contributed by atoms with van der Waals surface area (Å²) in [4.78, 5) is 4.10. The van der Waals surface area contributed by atoms with Gasteiger partial charge >= 0.3 is 0 Å². The largest absolute Gasteiger partial charge is 0.382 e. The van der Waals surface area contributed by atoms with Gasteiger partial charge in [0.05, 0.1) is 19.3 Å². The van der Waals surface area contributed by atoms with E-state index in [-0.39, 0.29) is 6.10 Å². The highest BCUT2D eigenvalue weighted by Gasteiger charge is 2.06. The molecule has 0 aliphatic heterocycles. The van der Waals surface area contributed by atoms with E-state index in [1.807, 2.05) is 7.05 Å². The van der Waals surface area contributed by atoms with Crippen molar-refractivity contribution in [3.8, 4) is 0 Å². The maximum atomic E-state index is 5.21. The van der Waals surface area contributed by atoms with Gasteiger partial charge in [-0.05, 0) is 0 Å². The van der Waals surface area contributed by atoms with Crippen molar-refractivity contribution in [3.05, 3.63) is 12.2 Å². The Hall–Kier alpha value is -0.980. The van der Waals surface area contributed by atoms with Crippen molar-refractivity contribution in [1.29, 1.82) is 0 Å². The predicted molar refractivity (Wildman–Crippen MR) is 55.4 cm³/mol. The molecule has 15 heavy (non-hydrogen) atoms. The lowest BCUT2D eigenvalue weighted by Crippen LogP contribution is -2.32. The van der Waals surface area contributed by atoms with E-state index >= 15 is 0 Å². The summed E-state index contributed by atoms with van der Waals surface area (Å²) in [6, 6.07) is 0. The smallest absolute Gasteiger partial charge is 0.140 e. The molecule has 1 rings (SSSR count). The molecule has 1 heterocycles. The lowest BCUT2D eigenvalue weighted by molar-refractivity contribution is 0.0286. The van der Waals surface area contributed by atoms with Crippen LogP contribution in [0.2, 0.25) is 0 Å². The topological polar surface area (TPSA) is 61.2 Å². The molecule has 1 aromatic rings. The van der Waals surface area contributed by atoms with Crippen molar-refractivity contribution in [1.82, 2.24) is 20.1 Å². The van der Waals surface area contributed by atoms with Gasteiger partial charge in [0, 0.05) is 27.8 Å². The van der Waals surface area contributed by atoms with E-state index < -0.39 is 0 Å². The zero-order valence-corrected chi connectivity index (χ0v) is 9.43. The van der Waals surface area contributed by atoms with Crippen molar-refractivity contribution in [2.75, 3.05) is 27.4 Å². The number of rotatable bonds is 7. The Morgan fingerprint density at radius 1 is 1.53 bits per heavy atom. The maximum Gasteiger partial charge on any atom is 0.140 e. The zero-order valence-electron chi connectivity index (χ0n) is 9.43. The molecule has 1 aromatic heterocycles. The van der Waals surface area contributed by atoms with Crippen LogP contribution in [0.5, 0.6) is 0 Å². The predicted octanol–water partition coefficient (Wildman–Crippen LogP) is -0.434. The van der Waals surface area contributed by atoms with Crippen molar-refractivity contribution in [2.45, 2.75) is 12.6 Å². The zero-order chi connectivity index (χ0) is 11.1. The second-order valence-corrected chi connectivity index (χ2v) is 3.24. The van der Waals surface area contributed by atoms with Crippen LogP contribution < -0.4 is 5.32 Å². The van der Waals surface area contributed by atoms with Gasteiger partial charge in [-0.3, -0.25) is 4.68 Å². The van der Waals surface area contributed by atoms with E-state index in [1.165, 1.54) is 0 Å². The van der Waals surface area contributed by atoms with Crippen LogP contribution in [-0.2, 0) is 23.1 Å². The maximum absolute atomic E-state index is 5.21. The average Bonchev–Trinajstić information content (AvgIpc) is 2.63. The molecule has 0 saturated carbocycles. The molecule has 0 saturated heterocycles. The van der Waals surface area contributed by atoms with Gasteiger partial charge in [0.15, 0.2) is 0 Å². The Kier molecular flexibility index (Phi) is 5.23. The number of hydrogen-bond acceptors (Lipinski definition) is 5. The number of ether oxygens (including phenoxy) is 2. The van der Waals surface area contributed by atoms with Crippen LogP contribution in [0.25, 0.3) is 0 Å². The van der Waals surface area contributed by atoms with Gasteiger partial charge < -0.3 is 14.8 Å². The number of methoxy groups -OCH3 is 2. The van der Waals surface area contributed by atoms with Gasteiger partial charge in [-0.1, -0.05) is 0 Å². The Morgan fingerprint density at radius 3 is 2.87 bits per heavy atom. The first-order valence-corrected chi connectivity index (χ1v) is 4.83. The Balaban J connectivity index is 2.23. The third kappa shape index (κ3) is 3.94. The van der Waals surface area contributed by atoms with Crippen molar-refractivity contribution < 1.29 is 9.47 Å². The van der Waals surface area contributed by atoms with E-state index in [9.17, 15) is 0 Å². The molecule has 0 aliphatic rings. The molecular weight excluding hydrogens is 196 g/mol. The van der Waals surface area contributed by atoms with Crippen LogP contribution in [0.4, 0.5) is 0 Å². The van der Waals surface area contributed by atoms with Crippen molar-refractivity contribution >= 4 is 0 Å². The minimum atomic E-state index is 0.0724. The Morgan fingerprint density at radius 2 is 2.33 bits per heavy atom. The fourth-order valence-electron chi connectivity index (χ4n) is 1.22. The summed E-state index contributed by atoms with van der Waals surface area (Å²) < 4.78 is 12.0. The summed E-state index contributed by atoms with van der Waals surface area (Å²) in [5.41, 5.74) is 0. The van der Waals surface area contributed by atoms with Gasteiger partial charge in [-0.15, -0.1) is 0 Å².